The van der Waals surface area contributed by atoms with Gasteiger partial charge in [-0.25, -0.2) is 5.84 Å². The van der Waals surface area contributed by atoms with Crippen molar-refractivity contribution >= 4 is 5.84 Å². The number of rotatable bonds is 3. The highest BCUT2D eigenvalue weighted by Gasteiger charge is 2.22. The highest BCUT2D eigenvalue weighted by atomic mass is 15.3. The van der Waals surface area contributed by atoms with Gasteiger partial charge in [-0.05, 0) is 24.2 Å². The van der Waals surface area contributed by atoms with Gasteiger partial charge in [-0.3, -0.25) is 4.99 Å². The van der Waals surface area contributed by atoms with Crippen LogP contribution in [0.2, 0.25) is 0 Å². The lowest BCUT2D eigenvalue weighted by Gasteiger charge is -2.28. The molecule has 0 heterocycles. The van der Waals surface area contributed by atoms with Crippen LogP contribution >= 0.6 is 0 Å². The predicted molar refractivity (Wildman–Crippen MR) is 74.9 cm³/mol. The van der Waals surface area contributed by atoms with Gasteiger partial charge in [-0.15, -0.1) is 0 Å². The summed E-state index contributed by atoms with van der Waals surface area (Å²) in [5.74, 6) is 7.17. The van der Waals surface area contributed by atoms with Crippen molar-refractivity contribution in [3.8, 4) is 0 Å². The maximum atomic E-state index is 5.60. The van der Waals surface area contributed by atoms with E-state index in [0.717, 1.165) is 12.3 Å². The first kappa shape index (κ1) is 14.5. The Kier molecular flexibility index (Phi) is 5.44. The summed E-state index contributed by atoms with van der Waals surface area (Å²) in [5.41, 5.74) is 3.11. The summed E-state index contributed by atoms with van der Waals surface area (Å²) in [6.07, 6.45) is 7.43. The summed E-state index contributed by atoms with van der Waals surface area (Å²) in [5, 5.41) is 0. The van der Waals surface area contributed by atoms with E-state index in [1.54, 1.807) is 0 Å². The molecule has 1 fully saturated rings. The Bertz CT molecular complexity index is 247. The van der Waals surface area contributed by atoms with Crippen molar-refractivity contribution in [1.29, 1.82) is 0 Å². The Labute approximate surface area is 106 Å². The van der Waals surface area contributed by atoms with E-state index < -0.39 is 0 Å². The van der Waals surface area contributed by atoms with E-state index >= 15 is 0 Å². The lowest BCUT2D eigenvalue weighted by Crippen LogP contribution is -2.35. The Morgan fingerprint density at radius 1 is 1.29 bits per heavy atom. The summed E-state index contributed by atoms with van der Waals surface area (Å²) in [6, 6.07) is 0.502. The fourth-order valence-electron chi connectivity index (χ4n) is 2.18. The fraction of sp³-hybridized carbons (Fsp3) is 0.929. The molecule has 1 aliphatic rings. The number of hydrogen-bond acceptors (Lipinski definition) is 2. The van der Waals surface area contributed by atoms with Crippen molar-refractivity contribution < 1.29 is 0 Å². The minimum absolute atomic E-state index is 0.310. The molecule has 1 aliphatic carbocycles. The number of hydrogen-bond donors (Lipinski definition) is 2. The smallest absolute Gasteiger partial charge is 0.111 e. The third-order valence-electron chi connectivity index (χ3n) is 4.06. The molecule has 0 aromatic rings. The van der Waals surface area contributed by atoms with E-state index in [1.165, 1.54) is 32.1 Å². The zero-order valence-electron chi connectivity index (χ0n) is 11.9. The van der Waals surface area contributed by atoms with Crippen LogP contribution in [0.15, 0.2) is 4.99 Å². The number of nitrogens with one attached hydrogen (secondary N) is 1. The molecule has 0 aromatic carbocycles. The summed E-state index contributed by atoms with van der Waals surface area (Å²) in [7, 11) is 0. The lowest BCUT2D eigenvalue weighted by atomic mass is 9.80. The Morgan fingerprint density at radius 2 is 1.88 bits per heavy atom. The summed E-state index contributed by atoms with van der Waals surface area (Å²) >= 11 is 0. The van der Waals surface area contributed by atoms with Crippen LogP contribution in [-0.2, 0) is 0 Å². The molecule has 0 aromatic heterocycles. The molecule has 3 heteroatoms. The predicted octanol–water partition coefficient (Wildman–Crippen LogP) is 3.25. The van der Waals surface area contributed by atoms with E-state index in [1.807, 2.05) is 0 Å². The Balaban J connectivity index is 2.54. The molecule has 1 rings (SSSR count). The van der Waals surface area contributed by atoms with E-state index in [4.69, 9.17) is 10.8 Å². The van der Waals surface area contributed by atoms with Crippen LogP contribution in [-0.4, -0.2) is 11.9 Å². The maximum absolute atomic E-state index is 5.60. The summed E-state index contributed by atoms with van der Waals surface area (Å²) in [6.45, 7) is 9.08. The molecule has 3 nitrogen and oxygen atoms in total. The molecule has 0 amide bonds. The van der Waals surface area contributed by atoms with Crippen LogP contribution in [0.1, 0.15) is 66.2 Å². The van der Waals surface area contributed by atoms with Gasteiger partial charge >= 0.3 is 0 Å². The van der Waals surface area contributed by atoms with Crippen LogP contribution in [0.4, 0.5) is 0 Å². The van der Waals surface area contributed by atoms with Gasteiger partial charge in [0.15, 0.2) is 0 Å². The molecule has 0 saturated heterocycles. The normalized spacial score (nSPS) is 21.4. The maximum Gasteiger partial charge on any atom is 0.111 e. The van der Waals surface area contributed by atoms with Gasteiger partial charge in [0.2, 0.25) is 0 Å². The molecule has 1 atom stereocenters. The van der Waals surface area contributed by atoms with Crippen molar-refractivity contribution in [2.75, 3.05) is 0 Å². The van der Waals surface area contributed by atoms with Gasteiger partial charge in [0.25, 0.3) is 0 Å². The first-order valence-corrected chi connectivity index (χ1v) is 6.96. The number of nitrogens with two attached hydrogens (primary N) is 1. The molecule has 0 bridgehead atoms. The largest absolute Gasteiger partial charge is 0.312 e. The fourth-order valence-corrected chi connectivity index (χ4v) is 2.18. The second kappa shape index (κ2) is 6.39. The molecule has 0 radical (unpaired) electrons. The van der Waals surface area contributed by atoms with Crippen molar-refractivity contribution in [2.45, 2.75) is 72.3 Å². The first-order chi connectivity index (χ1) is 7.93. The van der Waals surface area contributed by atoms with Crippen molar-refractivity contribution in [3.05, 3.63) is 0 Å². The third-order valence-corrected chi connectivity index (χ3v) is 4.06. The summed E-state index contributed by atoms with van der Waals surface area (Å²) in [4.78, 5) is 4.79. The zero-order valence-corrected chi connectivity index (χ0v) is 11.9. The van der Waals surface area contributed by atoms with E-state index in [2.05, 4.69) is 33.1 Å². The first-order valence-electron chi connectivity index (χ1n) is 6.96. The highest BCUT2D eigenvalue weighted by Crippen LogP contribution is 2.28. The minimum Gasteiger partial charge on any atom is -0.312 e. The molecule has 1 unspecified atom stereocenters. The molecule has 0 spiro atoms. The second-order valence-corrected chi connectivity index (χ2v) is 6.48. The Hall–Kier alpha value is -0.570. The third kappa shape index (κ3) is 5.07. The second-order valence-electron chi connectivity index (χ2n) is 6.48. The minimum atomic E-state index is 0.310. The van der Waals surface area contributed by atoms with E-state index in [-0.39, 0.29) is 0 Å². The van der Waals surface area contributed by atoms with Crippen LogP contribution in [0.3, 0.4) is 0 Å². The van der Waals surface area contributed by atoms with Crippen molar-refractivity contribution in [3.63, 3.8) is 0 Å². The number of amidine groups is 1. The molecular weight excluding hydrogens is 210 g/mol. The molecular formula is C14H29N3. The van der Waals surface area contributed by atoms with Gasteiger partial charge in [-0.2, -0.15) is 0 Å². The van der Waals surface area contributed by atoms with Crippen LogP contribution in [0, 0.1) is 11.3 Å². The molecule has 1 saturated carbocycles. The number of nitrogens with zero attached hydrogens (tertiary/aromatic N) is 1. The van der Waals surface area contributed by atoms with Gasteiger partial charge < -0.3 is 5.43 Å². The standard InChI is InChI=1S/C14H29N3/c1-11(14(2,3)4)10-13(17-15)16-12-8-6-5-7-9-12/h11-12H,5-10,15H2,1-4H3,(H,16,17). The van der Waals surface area contributed by atoms with Crippen molar-refractivity contribution in [1.82, 2.24) is 5.43 Å². The highest BCUT2D eigenvalue weighted by molar-refractivity contribution is 5.82. The number of hydrazine groups is 1. The van der Waals surface area contributed by atoms with Gasteiger partial charge in [0.05, 0.1) is 6.04 Å². The quantitative estimate of drug-likeness (QED) is 0.344. The SMILES string of the molecule is CC(CC(=NC1CCCCC1)NN)C(C)(C)C. The average molecular weight is 239 g/mol. The molecule has 17 heavy (non-hydrogen) atoms. The lowest BCUT2D eigenvalue weighted by molar-refractivity contribution is 0.267. The van der Waals surface area contributed by atoms with Gasteiger partial charge in [0, 0.05) is 6.42 Å². The van der Waals surface area contributed by atoms with Crippen molar-refractivity contribution in [2.24, 2.45) is 22.2 Å². The van der Waals surface area contributed by atoms with Gasteiger partial charge in [-0.1, -0.05) is 47.0 Å². The molecule has 3 N–H and O–H groups in total. The van der Waals surface area contributed by atoms with E-state index in [9.17, 15) is 0 Å². The number of aliphatic imine (C=N–C) groups is 1. The zero-order chi connectivity index (χ0) is 12.9. The van der Waals surface area contributed by atoms with Crippen LogP contribution in [0.25, 0.3) is 0 Å². The molecule has 0 aliphatic heterocycles. The van der Waals surface area contributed by atoms with Gasteiger partial charge in [0.1, 0.15) is 5.84 Å². The van der Waals surface area contributed by atoms with Crippen LogP contribution < -0.4 is 11.3 Å². The Morgan fingerprint density at radius 3 is 2.35 bits per heavy atom. The van der Waals surface area contributed by atoms with Crippen LogP contribution in [0.5, 0.6) is 0 Å². The monoisotopic (exact) mass is 239 g/mol. The topological polar surface area (TPSA) is 50.4 Å². The average Bonchev–Trinajstić information content (AvgIpc) is 2.28. The molecule has 100 valence electrons. The summed E-state index contributed by atoms with van der Waals surface area (Å²) < 4.78 is 0. The van der Waals surface area contributed by atoms with E-state index in [0.29, 0.717) is 17.4 Å².